The monoisotopic (exact) mass is 385 g/mol. The lowest BCUT2D eigenvalue weighted by Crippen LogP contribution is -2.39. The molecular formula is C19H23N5O4. The lowest BCUT2D eigenvalue weighted by atomic mass is 10.2. The maximum atomic E-state index is 12.3. The number of hydrogen-bond acceptors (Lipinski definition) is 8. The smallest absolute Gasteiger partial charge is 0.337 e. The van der Waals surface area contributed by atoms with Gasteiger partial charge in [0.15, 0.2) is 0 Å². The van der Waals surface area contributed by atoms with Gasteiger partial charge in [0, 0.05) is 31.9 Å². The summed E-state index contributed by atoms with van der Waals surface area (Å²) in [4.78, 5) is 34.4. The van der Waals surface area contributed by atoms with Crippen molar-refractivity contribution in [2.75, 3.05) is 57.1 Å². The van der Waals surface area contributed by atoms with Gasteiger partial charge in [0.25, 0.3) is 5.91 Å². The van der Waals surface area contributed by atoms with Crippen LogP contribution in [0.15, 0.2) is 36.7 Å². The van der Waals surface area contributed by atoms with Crippen molar-refractivity contribution in [3.8, 4) is 0 Å². The van der Waals surface area contributed by atoms with E-state index < -0.39 is 5.97 Å². The third kappa shape index (κ3) is 5.48. The van der Waals surface area contributed by atoms with Crippen LogP contribution >= 0.6 is 0 Å². The molecule has 0 radical (unpaired) electrons. The summed E-state index contributed by atoms with van der Waals surface area (Å²) < 4.78 is 9.96. The summed E-state index contributed by atoms with van der Waals surface area (Å²) in [6.45, 7) is 5.06. The number of morpholine rings is 1. The number of nitrogens with zero attached hydrogens (tertiary/aromatic N) is 3. The predicted molar refractivity (Wildman–Crippen MR) is 104 cm³/mol. The fourth-order valence-corrected chi connectivity index (χ4v) is 2.71. The zero-order valence-corrected chi connectivity index (χ0v) is 15.7. The Kier molecular flexibility index (Phi) is 6.88. The maximum absolute atomic E-state index is 12.3. The second-order valence-corrected chi connectivity index (χ2v) is 6.19. The normalized spacial score (nSPS) is 14.3. The molecule has 2 aromatic rings. The average Bonchev–Trinajstić information content (AvgIpc) is 2.75. The van der Waals surface area contributed by atoms with Gasteiger partial charge >= 0.3 is 5.97 Å². The lowest BCUT2D eigenvalue weighted by Gasteiger charge is -2.26. The Bertz CT molecular complexity index is 789. The largest absolute Gasteiger partial charge is 0.465 e. The van der Waals surface area contributed by atoms with Gasteiger partial charge in [-0.05, 0) is 24.3 Å². The van der Waals surface area contributed by atoms with Gasteiger partial charge in [-0.15, -0.1) is 0 Å². The van der Waals surface area contributed by atoms with Crippen LogP contribution in [0.5, 0.6) is 0 Å². The third-order valence-electron chi connectivity index (χ3n) is 4.29. The van der Waals surface area contributed by atoms with Gasteiger partial charge in [0.2, 0.25) is 0 Å². The van der Waals surface area contributed by atoms with Gasteiger partial charge in [-0.25, -0.2) is 14.8 Å². The first-order valence-corrected chi connectivity index (χ1v) is 9.01. The molecule has 3 rings (SSSR count). The molecule has 1 aromatic heterocycles. The van der Waals surface area contributed by atoms with E-state index in [1.165, 1.54) is 19.5 Å². The van der Waals surface area contributed by atoms with E-state index >= 15 is 0 Å². The molecule has 0 spiro atoms. The molecule has 28 heavy (non-hydrogen) atoms. The Morgan fingerprint density at radius 3 is 2.54 bits per heavy atom. The fourth-order valence-electron chi connectivity index (χ4n) is 2.71. The number of anilines is 2. The van der Waals surface area contributed by atoms with Crippen LogP contribution in [0, 0.1) is 0 Å². The number of amides is 1. The van der Waals surface area contributed by atoms with E-state index in [1.807, 2.05) is 0 Å². The van der Waals surface area contributed by atoms with Gasteiger partial charge in [0.1, 0.15) is 11.5 Å². The Hall–Kier alpha value is -3.04. The van der Waals surface area contributed by atoms with Crippen molar-refractivity contribution >= 4 is 23.4 Å². The molecule has 1 fully saturated rings. The van der Waals surface area contributed by atoms with Crippen LogP contribution in [0.1, 0.15) is 20.8 Å². The highest BCUT2D eigenvalue weighted by atomic mass is 16.5. The predicted octanol–water partition coefficient (Wildman–Crippen LogP) is 1.26. The summed E-state index contributed by atoms with van der Waals surface area (Å²) in [6.07, 6.45) is 2.96. The number of esters is 1. The molecule has 1 saturated heterocycles. The SMILES string of the molecule is COC(=O)c1ccc(NC(=O)c2cnc(NCCN3CCOCC3)cn2)cc1. The Balaban J connectivity index is 1.48. The van der Waals surface area contributed by atoms with E-state index in [0.29, 0.717) is 17.1 Å². The highest BCUT2D eigenvalue weighted by Gasteiger charge is 2.11. The number of nitrogens with one attached hydrogen (secondary N) is 2. The van der Waals surface area contributed by atoms with Gasteiger partial charge in [-0.3, -0.25) is 9.69 Å². The fraction of sp³-hybridized carbons (Fsp3) is 0.368. The van der Waals surface area contributed by atoms with Crippen LogP contribution in [-0.2, 0) is 9.47 Å². The van der Waals surface area contributed by atoms with E-state index in [4.69, 9.17) is 4.74 Å². The Morgan fingerprint density at radius 2 is 1.89 bits per heavy atom. The quantitative estimate of drug-likeness (QED) is 0.686. The van der Waals surface area contributed by atoms with Crippen LogP contribution < -0.4 is 10.6 Å². The minimum absolute atomic E-state index is 0.204. The van der Waals surface area contributed by atoms with E-state index in [9.17, 15) is 9.59 Å². The molecule has 148 valence electrons. The molecule has 1 aromatic carbocycles. The highest BCUT2D eigenvalue weighted by molar-refractivity contribution is 6.03. The molecule has 0 aliphatic carbocycles. The molecule has 9 heteroatoms. The number of benzene rings is 1. The van der Waals surface area contributed by atoms with E-state index in [1.54, 1.807) is 24.3 Å². The van der Waals surface area contributed by atoms with Crippen LogP contribution in [0.3, 0.4) is 0 Å². The molecule has 0 saturated carbocycles. The third-order valence-corrected chi connectivity index (χ3v) is 4.29. The van der Waals surface area contributed by atoms with Crippen molar-refractivity contribution in [2.24, 2.45) is 0 Å². The number of carbonyl (C=O) groups is 2. The standard InChI is InChI=1S/C19H23N5O4/c1-27-19(26)14-2-4-15(5-3-14)23-18(25)16-12-22-17(13-21-16)20-6-7-24-8-10-28-11-9-24/h2-5,12-13H,6-11H2,1H3,(H,20,22)(H,23,25). The minimum atomic E-state index is -0.430. The summed E-state index contributed by atoms with van der Waals surface area (Å²) in [5, 5.41) is 5.91. The first-order chi connectivity index (χ1) is 13.7. The molecule has 1 aliphatic heterocycles. The molecule has 0 unspecified atom stereocenters. The highest BCUT2D eigenvalue weighted by Crippen LogP contribution is 2.12. The number of methoxy groups -OCH3 is 1. The van der Waals surface area contributed by atoms with Crippen molar-refractivity contribution in [1.82, 2.24) is 14.9 Å². The molecule has 9 nitrogen and oxygen atoms in total. The zero-order chi connectivity index (χ0) is 19.8. The first-order valence-electron chi connectivity index (χ1n) is 9.01. The van der Waals surface area contributed by atoms with Gasteiger partial charge < -0.3 is 20.1 Å². The molecule has 0 bridgehead atoms. The molecule has 1 amide bonds. The summed E-state index contributed by atoms with van der Waals surface area (Å²) in [6, 6.07) is 6.40. The number of rotatable bonds is 7. The maximum Gasteiger partial charge on any atom is 0.337 e. The Morgan fingerprint density at radius 1 is 1.14 bits per heavy atom. The van der Waals surface area contributed by atoms with Crippen LogP contribution in [0.4, 0.5) is 11.5 Å². The number of hydrogen-bond donors (Lipinski definition) is 2. The van der Waals surface area contributed by atoms with Gasteiger partial charge in [-0.1, -0.05) is 0 Å². The summed E-state index contributed by atoms with van der Waals surface area (Å²) in [7, 11) is 1.32. The summed E-state index contributed by atoms with van der Waals surface area (Å²) in [5.74, 6) is -0.189. The van der Waals surface area contributed by atoms with Crippen molar-refractivity contribution in [2.45, 2.75) is 0 Å². The number of aromatic nitrogens is 2. The molecule has 1 aliphatic rings. The van der Waals surface area contributed by atoms with Gasteiger partial charge in [0.05, 0.1) is 38.3 Å². The second-order valence-electron chi connectivity index (χ2n) is 6.19. The van der Waals surface area contributed by atoms with Crippen molar-refractivity contribution in [1.29, 1.82) is 0 Å². The average molecular weight is 385 g/mol. The molecule has 0 atom stereocenters. The van der Waals surface area contributed by atoms with E-state index in [2.05, 4.69) is 30.2 Å². The van der Waals surface area contributed by atoms with E-state index in [-0.39, 0.29) is 11.6 Å². The van der Waals surface area contributed by atoms with Crippen LogP contribution in [-0.4, -0.2) is 73.2 Å². The van der Waals surface area contributed by atoms with Crippen molar-refractivity contribution < 1.29 is 19.1 Å². The summed E-state index contributed by atoms with van der Waals surface area (Å²) >= 11 is 0. The second kappa shape index (κ2) is 9.77. The summed E-state index contributed by atoms with van der Waals surface area (Å²) in [5.41, 5.74) is 1.16. The zero-order valence-electron chi connectivity index (χ0n) is 15.7. The van der Waals surface area contributed by atoms with Crippen molar-refractivity contribution in [3.63, 3.8) is 0 Å². The number of carbonyl (C=O) groups excluding carboxylic acids is 2. The minimum Gasteiger partial charge on any atom is -0.465 e. The van der Waals surface area contributed by atoms with Gasteiger partial charge in [-0.2, -0.15) is 0 Å². The number of ether oxygens (including phenoxy) is 2. The van der Waals surface area contributed by atoms with Crippen LogP contribution in [0.25, 0.3) is 0 Å². The lowest BCUT2D eigenvalue weighted by molar-refractivity contribution is 0.0398. The Labute approximate surface area is 163 Å². The topological polar surface area (TPSA) is 106 Å². The van der Waals surface area contributed by atoms with Crippen molar-refractivity contribution in [3.05, 3.63) is 47.9 Å². The molecule has 2 N–H and O–H groups in total. The first kappa shape index (κ1) is 19.7. The van der Waals surface area contributed by atoms with Crippen LogP contribution in [0.2, 0.25) is 0 Å². The van der Waals surface area contributed by atoms with E-state index in [0.717, 1.165) is 39.4 Å². The molecule has 2 heterocycles. The molecular weight excluding hydrogens is 362 g/mol.